The molecule has 1 N–H and O–H groups in total. The van der Waals surface area contributed by atoms with Gasteiger partial charge in [-0.2, -0.15) is 8.42 Å². The van der Waals surface area contributed by atoms with Crippen LogP contribution in [0.3, 0.4) is 0 Å². The summed E-state index contributed by atoms with van der Waals surface area (Å²) in [7, 11) is -4.03. The van der Waals surface area contributed by atoms with Crippen molar-refractivity contribution in [2.45, 2.75) is 38.1 Å². The van der Waals surface area contributed by atoms with Gasteiger partial charge in [-0.15, -0.1) is 0 Å². The minimum Gasteiger partial charge on any atom is -0.353 e. The second-order valence-electron chi connectivity index (χ2n) is 5.05. The minimum atomic E-state index is -4.03. The molecule has 0 saturated carbocycles. The van der Waals surface area contributed by atoms with Crippen LogP contribution >= 0.6 is 11.6 Å². The maximum absolute atomic E-state index is 11.0. The highest BCUT2D eigenvalue weighted by molar-refractivity contribution is 7.85. The fourth-order valence-electron chi connectivity index (χ4n) is 2.28. The quantitative estimate of drug-likeness (QED) is 0.809. The number of benzene rings is 1. The summed E-state index contributed by atoms with van der Waals surface area (Å²) in [5, 5.41) is 0.553. The van der Waals surface area contributed by atoms with Gasteiger partial charge in [-0.25, -0.2) is 0 Å². The van der Waals surface area contributed by atoms with Gasteiger partial charge in [0, 0.05) is 11.6 Å². The first kappa shape index (κ1) is 16.7. The first-order chi connectivity index (χ1) is 9.94. The molecule has 5 nitrogen and oxygen atoms in total. The van der Waals surface area contributed by atoms with Gasteiger partial charge in [-0.1, -0.05) is 23.7 Å². The molecule has 0 aliphatic carbocycles. The van der Waals surface area contributed by atoms with E-state index in [4.69, 9.17) is 25.6 Å². The van der Waals surface area contributed by atoms with E-state index in [1.807, 2.05) is 6.07 Å². The predicted molar refractivity (Wildman–Crippen MR) is 79.9 cm³/mol. The van der Waals surface area contributed by atoms with E-state index in [2.05, 4.69) is 0 Å². The van der Waals surface area contributed by atoms with Gasteiger partial charge in [0.2, 0.25) is 0 Å². The number of hydrogen-bond donors (Lipinski definition) is 1. The molecule has 0 aromatic heterocycles. The van der Waals surface area contributed by atoms with Crippen LogP contribution in [0, 0.1) is 0 Å². The highest BCUT2D eigenvalue weighted by Crippen LogP contribution is 2.28. The lowest BCUT2D eigenvalue weighted by atomic mass is 10.1. The number of ether oxygens (including phenoxy) is 2. The van der Waals surface area contributed by atoms with E-state index in [0.29, 0.717) is 11.6 Å². The van der Waals surface area contributed by atoms with Crippen molar-refractivity contribution in [2.24, 2.45) is 0 Å². The molecule has 1 saturated heterocycles. The summed E-state index contributed by atoms with van der Waals surface area (Å²) >= 11 is 5.97. The third-order valence-electron chi connectivity index (χ3n) is 3.31. The molecule has 1 fully saturated rings. The molecule has 1 aliphatic heterocycles. The van der Waals surface area contributed by atoms with Crippen LogP contribution in [0.25, 0.3) is 0 Å². The molecule has 2 rings (SSSR count). The molecular weight excluding hydrogens is 316 g/mol. The third-order valence-corrected chi connectivity index (χ3v) is 4.30. The Morgan fingerprint density at radius 1 is 1.43 bits per heavy atom. The van der Waals surface area contributed by atoms with Crippen molar-refractivity contribution in [1.82, 2.24) is 0 Å². The van der Waals surface area contributed by atoms with Crippen molar-refractivity contribution in [3.8, 4) is 0 Å². The zero-order chi connectivity index (χ0) is 15.3. The molecule has 0 amide bonds. The molecule has 1 aromatic carbocycles. The number of rotatable bonds is 6. The smallest absolute Gasteiger partial charge is 0.264 e. The van der Waals surface area contributed by atoms with Crippen molar-refractivity contribution in [3.05, 3.63) is 34.9 Å². The summed E-state index contributed by atoms with van der Waals surface area (Å²) in [4.78, 5) is 0. The molecule has 1 aliphatic rings. The molecular formula is C14H19ClO5S. The summed E-state index contributed by atoms with van der Waals surface area (Å²) in [6.07, 6.45) is 2.14. The SMILES string of the molecule is O=S(=O)(O)CC[C@H](O[C@@H]1CCCCO1)c1cccc(Cl)c1. The van der Waals surface area contributed by atoms with Crippen LogP contribution in [-0.4, -0.2) is 31.6 Å². The standard InChI is InChI=1S/C14H19ClO5S/c15-12-5-3-4-11(10-12)13(7-9-21(16,17)18)20-14-6-1-2-8-19-14/h3-5,10,13-14H,1-2,6-9H2,(H,16,17,18)/t13-,14+/m0/s1. The summed E-state index contributed by atoms with van der Waals surface area (Å²) in [6.45, 7) is 0.644. The average molecular weight is 335 g/mol. The second kappa shape index (κ2) is 7.56. The van der Waals surface area contributed by atoms with Crippen LogP contribution in [0.5, 0.6) is 0 Å². The van der Waals surface area contributed by atoms with Gasteiger partial charge >= 0.3 is 0 Å². The van der Waals surface area contributed by atoms with Gasteiger partial charge in [0.1, 0.15) is 0 Å². The lowest BCUT2D eigenvalue weighted by molar-refractivity contribution is -0.190. The largest absolute Gasteiger partial charge is 0.353 e. The van der Waals surface area contributed by atoms with Gasteiger partial charge in [-0.3, -0.25) is 4.55 Å². The number of halogens is 1. The van der Waals surface area contributed by atoms with Crippen LogP contribution in [0.2, 0.25) is 5.02 Å². The Hall–Kier alpha value is -0.660. The molecule has 1 heterocycles. The molecule has 0 spiro atoms. The molecule has 0 bridgehead atoms. The van der Waals surface area contributed by atoms with Gasteiger partial charge in [-0.05, 0) is 43.4 Å². The lowest BCUT2D eigenvalue weighted by Crippen LogP contribution is -2.25. The van der Waals surface area contributed by atoms with Gasteiger partial charge in [0.15, 0.2) is 6.29 Å². The fraction of sp³-hybridized carbons (Fsp3) is 0.571. The monoisotopic (exact) mass is 334 g/mol. The van der Waals surface area contributed by atoms with Crippen molar-refractivity contribution in [3.63, 3.8) is 0 Å². The van der Waals surface area contributed by atoms with Crippen molar-refractivity contribution < 1.29 is 22.4 Å². The Morgan fingerprint density at radius 3 is 2.86 bits per heavy atom. The molecule has 0 unspecified atom stereocenters. The topological polar surface area (TPSA) is 72.8 Å². The van der Waals surface area contributed by atoms with Crippen LogP contribution in [-0.2, 0) is 19.6 Å². The van der Waals surface area contributed by atoms with Gasteiger partial charge < -0.3 is 9.47 Å². The van der Waals surface area contributed by atoms with E-state index < -0.39 is 16.2 Å². The fourth-order valence-corrected chi connectivity index (χ4v) is 2.99. The molecule has 2 atom stereocenters. The normalized spacial score (nSPS) is 21.1. The zero-order valence-corrected chi connectivity index (χ0v) is 13.1. The molecule has 0 radical (unpaired) electrons. The van der Waals surface area contributed by atoms with Gasteiger partial charge in [0.05, 0.1) is 11.9 Å². The highest BCUT2D eigenvalue weighted by atomic mass is 35.5. The summed E-state index contributed by atoms with van der Waals surface area (Å²) < 4.78 is 42.3. The van der Waals surface area contributed by atoms with Crippen molar-refractivity contribution in [1.29, 1.82) is 0 Å². The second-order valence-corrected chi connectivity index (χ2v) is 7.06. The number of hydrogen-bond acceptors (Lipinski definition) is 4. The average Bonchev–Trinajstić information content (AvgIpc) is 2.43. The van der Waals surface area contributed by atoms with E-state index in [1.54, 1.807) is 18.2 Å². The third kappa shape index (κ3) is 5.92. The molecule has 21 heavy (non-hydrogen) atoms. The van der Waals surface area contributed by atoms with Gasteiger partial charge in [0.25, 0.3) is 10.1 Å². The first-order valence-corrected chi connectivity index (χ1v) is 8.90. The maximum Gasteiger partial charge on any atom is 0.264 e. The Balaban J connectivity index is 2.09. The summed E-state index contributed by atoms with van der Waals surface area (Å²) in [5.41, 5.74) is 0.778. The van der Waals surface area contributed by atoms with E-state index in [1.165, 1.54) is 0 Å². The zero-order valence-electron chi connectivity index (χ0n) is 11.6. The van der Waals surface area contributed by atoms with Crippen LogP contribution in [0.1, 0.15) is 37.4 Å². The lowest BCUT2D eigenvalue weighted by Gasteiger charge is -2.28. The molecule has 118 valence electrons. The minimum absolute atomic E-state index is 0.152. The Labute approximate surface area is 130 Å². The molecule has 7 heteroatoms. The first-order valence-electron chi connectivity index (χ1n) is 6.92. The van der Waals surface area contributed by atoms with Crippen molar-refractivity contribution >= 4 is 21.7 Å². The predicted octanol–water partition coefficient (Wildman–Crippen LogP) is 3.20. The van der Waals surface area contributed by atoms with E-state index in [9.17, 15) is 8.42 Å². The summed E-state index contributed by atoms with van der Waals surface area (Å²) in [6, 6.07) is 7.08. The Bertz CT molecular complexity index is 554. The Kier molecular flexibility index (Phi) is 6.01. The Morgan fingerprint density at radius 2 is 2.24 bits per heavy atom. The van der Waals surface area contributed by atoms with E-state index >= 15 is 0 Å². The van der Waals surface area contributed by atoms with E-state index in [-0.39, 0.29) is 18.5 Å². The maximum atomic E-state index is 11.0. The van der Waals surface area contributed by atoms with Crippen LogP contribution < -0.4 is 0 Å². The summed E-state index contributed by atoms with van der Waals surface area (Å²) in [5.74, 6) is -0.364. The van der Waals surface area contributed by atoms with Crippen LogP contribution in [0.4, 0.5) is 0 Å². The van der Waals surface area contributed by atoms with Crippen molar-refractivity contribution in [2.75, 3.05) is 12.4 Å². The van der Waals surface area contributed by atoms with E-state index in [0.717, 1.165) is 24.8 Å². The van der Waals surface area contributed by atoms with Crippen LogP contribution in [0.15, 0.2) is 24.3 Å². The molecule has 1 aromatic rings. The highest BCUT2D eigenvalue weighted by Gasteiger charge is 2.23.